The molecule has 0 fully saturated rings. The van der Waals surface area contributed by atoms with E-state index < -0.39 is 60.2 Å². The minimum Gasteiger partial charge on any atom is -0.463 e. The van der Waals surface area contributed by atoms with E-state index in [0.717, 1.165) is 0 Å². The van der Waals surface area contributed by atoms with Crippen molar-refractivity contribution in [1.82, 2.24) is 0 Å². The second-order valence-corrected chi connectivity index (χ2v) is 19.5. The molecule has 26 heteroatoms. The van der Waals surface area contributed by atoms with Crippen LogP contribution >= 0.6 is 0 Å². The van der Waals surface area contributed by atoms with Crippen molar-refractivity contribution in [2.24, 2.45) is 0 Å². The fourth-order valence-electron chi connectivity index (χ4n) is 8.13. The summed E-state index contributed by atoms with van der Waals surface area (Å²) in [7, 11) is 0. The Morgan fingerprint density at radius 1 is 0.372 bits per heavy atom. The molecule has 3 rings (SSSR count). The average molecular weight is 1220 g/mol. The van der Waals surface area contributed by atoms with Gasteiger partial charge in [-0.15, -0.1) is 0 Å². The van der Waals surface area contributed by atoms with Gasteiger partial charge in [-0.1, -0.05) is 38.1 Å². The van der Waals surface area contributed by atoms with Crippen LogP contribution in [0.2, 0.25) is 0 Å². The second kappa shape index (κ2) is 45.0. The van der Waals surface area contributed by atoms with E-state index in [2.05, 4.69) is 20.1 Å². The molecule has 0 spiro atoms. The summed E-state index contributed by atoms with van der Waals surface area (Å²) in [6, 6.07) is 9.02. The Morgan fingerprint density at radius 3 is 0.988 bits per heavy atom. The van der Waals surface area contributed by atoms with Gasteiger partial charge in [0, 0.05) is 61.0 Å². The van der Waals surface area contributed by atoms with Crippen molar-refractivity contribution in [3.63, 3.8) is 0 Å². The molecule has 0 aliphatic heterocycles. The van der Waals surface area contributed by atoms with E-state index in [1.165, 1.54) is 0 Å². The number of hydrogen-bond donors (Lipinski definition) is 4. The van der Waals surface area contributed by atoms with E-state index >= 15 is 0 Å². The number of fused-ring (bicyclic) bond motifs is 2. The van der Waals surface area contributed by atoms with Crippen molar-refractivity contribution >= 4 is 71.1 Å². The Balaban J connectivity index is 1.32. The van der Waals surface area contributed by atoms with Crippen molar-refractivity contribution in [3.8, 4) is 0 Å². The fourth-order valence-corrected chi connectivity index (χ4v) is 8.13. The monoisotopic (exact) mass is 1220 g/mol. The van der Waals surface area contributed by atoms with Crippen LogP contribution in [0, 0.1) is 0 Å². The summed E-state index contributed by atoms with van der Waals surface area (Å²) in [5, 5.41) is 23.9. The third-order valence-corrected chi connectivity index (χ3v) is 12.8. The topological polar surface area (TPSA) is 346 Å². The number of unbranched alkanes of at least 4 members (excludes halogenated alkanes) is 6. The van der Waals surface area contributed by atoms with Crippen molar-refractivity contribution in [3.05, 3.63) is 58.7 Å². The van der Waals surface area contributed by atoms with Crippen LogP contribution in [0.5, 0.6) is 0 Å². The first kappa shape index (κ1) is 72.8. The molecule has 2 atom stereocenters. The minimum absolute atomic E-state index is 0.00166. The van der Waals surface area contributed by atoms with E-state index in [1.54, 1.807) is 36.4 Å². The molecule has 0 heterocycles. The minimum atomic E-state index is -0.853. The summed E-state index contributed by atoms with van der Waals surface area (Å²) in [5.41, 5.74) is 1.54. The van der Waals surface area contributed by atoms with Crippen LogP contribution in [0.3, 0.4) is 0 Å². The summed E-state index contributed by atoms with van der Waals surface area (Å²) >= 11 is 0. The second-order valence-electron chi connectivity index (χ2n) is 19.5. The number of rotatable bonds is 48. The molecule has 0 amide bonds. The van der Waals surface area contributed by atoms with E-state index in [4.69, 9.17) is 57.6 Å². The molecular weight excluding hydrogens is 1130 g/mol. The molecule has 4 N–H and O–H groups in total. The molecule has 0 radical (unpaired) electrons. The third kappa shape index (κ3) is 31.1. The summed E-state index contributed by atoms with van der Waals surface area (Å²) in [5.74, 6) is -3.40. The molecule has 2 aromatic rings. The summed E-state index contributed by atoms with van der Waals surface area (Å²) in [6.07, 6.45) is 4.85. The molecule has 0 saturated heterocycles. The molecule has 1 aliphatic carbocycles. The molecule has 0 bridgehead atoms. The van der Waals surface area contributed by atoms with Gasteiger partial charge in [-0.2, -0.15) is 0 Å². The van der Waals surface area contributed by atoms with Gasteiger partial charge in [0.1, 0.15) is 52.9 Å². The first-order chi connectivity index (χ1) is 41.7. The third-order valence-electron chi connectivity index (χ3n) is 12.8. The number of aliphatic hydroxyl groups excluding tert-OH is 2. The lowest BCUT2D eigenvalue weighted by Crippen LogP contribution is -2.31. The number of carbonyl (C=O) groups excluding carboxylic acids is 10. The number of benzene rings is 2. The van der Waals surface area contributed by atoms with Crippen LogP contribution in [0.15, 0.2) is 36.4 Å². The van der Waals surface area contributed by atoms with Crippen LogP contribution in [-0.2, 0) is 85.6 Å². The van der Waals surface area contributed by atoms with Crippen LogP contribution in [-0.4, -0.2) is 188 Å². The van der Waals surface area contributed by atoms with E-state index in [-0.39, 0.29) is 178 Å². The maximum absolute atomic E-state index is 14.2. The zero-order valence-corrected chi connectivity index (χ0v) is 49.5. The predicted octanol–water partition coefficient (Wildman–Crippen LogP) is 6.67. The number of nitrogens with one attached hydrogen (secondary N) is 2. The van der Waals surface area contributed by atoms with Gasteiger partial charge in [0.2, 0.25) is 0 Å². The van der Waals surface area contributed by atoms with Crippen molar-refractivity contribution in [1.29, 1.82) is 0 Å². The highest BCUT2D eigenvalue weighted by atomic mass is 16.7. The first-order valence-electron chi connectivity index (χ1n) is 29.5. The van der Waals surface area contributed by atoms with Gasteiger partial charge in [0.25, 0.3) is 0 Å². The number of anilines is 2. The van der Waals surface area contributed by atoms with Crippen LogP contribution in [0.1, 0.15) is 161 Å². The summed E-state index contributed by atoms with van der Waals surface area (Å²) in [6.45, 7) is 3.63. The number of aliphatic hydroxyl groups is 2. The molecule has 1 aliphatic rings. The highest BCUT2D eigenvalue weighted by Gasteiger charge is 2.35. The lowest BCUT2D eigenvalue weighted by molar-refractivity contribution is -0.148. The number of esters is 6. The van der Waals surface area contributed by atoms with Gasteiger partial charge < -0.3 is 77.7 Å². The zero-order valence-electron chi connectivity index (χ0n) is 49.5. The molecule has 480 valence electrons. The lowest BCUT2D eigenvalue weighted by Gasteiger charge is -2.27. The largest absolute Gasteiger partial charge is 0.508 e. The van der Waals surface area contributed by atoms with Gasteiger partial charge in [-0.05, 0) is 89.2 Å². The molecule has 2 aromatic carbocycles. The van der Waals surface area contributed by atoms with E-state index in [9.17, 15) is 47.9 Å². The molecular formula is C60H86N2O24. The first-order valence-corrected chi connectivity index (χ1v) is 29.5. The Hall–Kier alpha value is -7.42. The van der Waals surface area contributed by atoms with Gasteiger partial charge in [0.15, 0.2) is 11.6 Å². The predicted molar refractivity (Wildman–Crippen MR) is 305 cm³/mol. The average Bonchev–Trinajstić information content (AvgIpc) is 0.863. The zero-order chi connectivity index (χ0) is 62.6. The van der Waals surface area contributed by atoms with Crippen LogP contribution in [0.25, 0.3) is 0 Å². The number of carbonyl (C=O) groups is 10. The van der Waals surface area contributed by atoms with Crippen molar-refractivity contribution in [2.45, 2.75) is 142 Å². The van der Waals surface area contributed by atoms with Gasteiger partial charge in [-0.3, -0.25) is 38.4 Å². The molecule has 0 saturated carbocycles. The fraction of sp³-hybridized carbons (Fsp3) is 0.633. The van der Waals surface area contributed by atoms with Crippen LogP contribution in [0.4, 0.5) is 21.0 Å². The van der Waals surface area contributed by atoms with Crippen LogP contribution < -0.4 is 10.6 Å². The quantitative estimate of drug-likeness (QED) is 0.0260. The van der Waals surface area contributed by atoms with Gasteiger partial charge >= 0.3 is 48.1 Å². The molecule has 0 aromatic heterocycles. The number of ketones is 2. The molecule has 2 unspecified atom stereocenters. The standard InChI is InChI=1S/C60H86N2O24/c1-3-43(41-85-53(69)23-13-11-21-51(67)79-39-35-75-33-37-77-49(65)19-7-5-15-29-81-59(73)83-31-27-63)61-47-25-26-48(56-55(47)57(71)45-17-9-10-18-46(45)58(56)72)62-44(4-2)42-86-54(70)24-14-12-22-52(68)80-40-36-76-34-38-78-50(66)20-8-6-16-30-82-60(74)84-32-28-64/h9-10,17-18,25-26,43-44,61-64H,3-8,11-16,19-24,27-42H2,1-2H3. The maximum Gasteiger partial charge on any atom is 0.508 e. The molecule has 26 nitrogen and oxygen atoms in total. The highest BCUT2D eigenvalue weighted by molar-refractivity contribution is 6.32. The number of ether oxygens (including phenoxy) is 12. The van der Waals surface area contributed by atoms with E-state index in [1.807, 2.05) is 13.8 Å². The summed E-state index contributed by atoms with van der Waals surface area (Å²) < 4.78 is 61.3. The molecule has 86 heavy (non-hydrogen) atoms. The SMILES string of the molecule is CCC(COC(=O)CCCCC(=O)OCCOCCOC(=O)CCCCCOC(=O)OCCO)Nc1ccc(NC(CC)COC(=O)CCCCC(=O)OCCOCCOC(=O)CCCCCOC(=O)OCCO)c2c1C(=O)c1ccccc1C2=O. The van der Waals surface area contributed by atoms with Gasteiger partial charge in [0.05, 0.1) is 76.1 Å². The smallest absolute Gasteiger partial charge is 0.463 e. The highest BCUT2D eigenvalue weighted by Crippen LogP contribution is 2.37. The normalized spacial score (nSPS) is 12.1. The van der Waals surface area contributed by atoms with Crippen molar-refractivity contribution in [2.75, 3.05) is 116 Å². The Bertz CT molecular complexity index is 2250. The van der Waals surface area contributed by atoms with E-state index in [0.29, 0.717) is 88.4 Å². The Labute approximate surface area is 501 Å². The van der Waals surface area contributed by atoms with Crippen molar-refractivity contribution < 1.29 is 115 Å². The summed E-state index contributed by atoms with van der Waals surface area (Å²) in [4.78, 5) is 125. The van der Waals surface area contributed by atoms with Gasteiger partial charge in [-0.25, -0.2) is 9.59 Å². The lowest BCUT2D eigenvalue weighted by atomic mass is 9.82. The number of hydrogen-bond acceptors (Lipinski definition) is 26. The Kier molecular flexibility index (Phi) is 38.1. The Morgan fingerprint density at radius 2 is 0.674 bits per heavy atom. The maximum atomic E-state index is 14.2.